The topological polar surface area (TPSA) is 70.6 Å². The van der Waals surface area contributed by atoms with Gasteiger partial charge < -0.3 is 19.9 Å². The van der Waals surface area contributed by atoms with E-state index in [0.717, 1.165) is 48.2 Å². The Morgan fingerprint density at radius 3 is 2.79 bits per heavy atom. The molecule has 0 aliphatic carbocycles. The van der Waals surface area contributed by atoms with Crippen LogP contribution < -0.4 is 10.2 Å². The molecule has 2 saturated heterocycles. The van der Waals surface area contributed by atoms with Gasteiger partial charge >= 0.3 is 0 Å². The number of nitrogens with zero attached hydrogens (tertiary/aromatic N) is 4. The second-order valence-electron chi connectivity index (χ2n) is 9.47. The van der Waals surface area contributed by atoms with Crippen LogP contribution in [0.5, 0.6) is 0 Å². The molecule has 4 heterocycles. The summed E-state index contributed by atoms with van der Waals surface area (Å²) in [7, 11) is 0. The fraction of sp³-hybridized carbons (Fsp3) is 0.560. The SMILES string of the molecule is Cc1c(C(=O)N2CCC(NC3CCOCC3F)CC2)ncnc1N1CCc2ccc(Br)cc2C1. The Balaban J connectivity index is 1.23. The highest BCUT2D eigenvalue weighted by Crippen LogP contribution is 2.29. The molecule has 0 radical (unpaired) electrons. The van der Waals surface area contributed by atoms with Crippen molar-refractivity contribution >= 4 is 27.7 Å². The van der Waals surface area contributed by atoms with Crippen molar-refractivity contribution in [1.82, 2.24) is 20.2 Å². The van der Waals surface area contributed by atoms with Crippen molar-refractivity contribution in [3.05, 3.63) is 51.4 Å². The highest BCUT2D eigenvalue weighted by atomic mass is 79.9. The molecule has 2 unspecified atom stereocenters. The number of alkyl halides is 1. The van der Waals surface area contributed by atoms with E-state index in [9.17, 15) is 9.18 Å². The smallest absolute Gasteiger partial charge is 0.272 e. The number of hydrogen-bond acceptors (Lipinski definition) is 6. The number of halogens is 2. The quantitative estimate of drug-likeness (QED) is 0.651. The number of likely N-dealkylation sites (tertiary alicyclic amines) is 1. The lowest BCUT2D eigenvalue weighted by atomic mass is 9.99. The first-order chi connectivity index (χ1) is 16.5. The Labute approximate surface area is 208 Å². The summed E-state index contributed by atoms with van der Waals surface area (Å²) in [4.78, 5) is 26.4. The van der Waals surface area contributed by atoms with E-state index in [0.29, 0.717) is 31.8 Å². The molecule has 0 bridgehead atoms. The number of rotatable bonds is 4. The van der Waals surface area contributed by atoms with Crippen molar-refractivity contribution < 1.29 is 13.9 Å². The molecule has 3 aliphatic heterocycles. The summed E-state index contributed by atoms with van der Waals surface area (Å²) in [5.41, 5.74) is 3.94. The van der Waals surface area contributed by atoms with Crippen LogP contribution in [-0.2, 0) is 17.7 Å². The van der Waals surface area contributed by atoms with Gasteiger partial charge in [0.1, 0.15) is 24.0 Å². The third-order valence-corrected chi connectivity index (χ3v) is 7.75. The number of anilines is 1. The number of nitrogens with one attached hydrogen (secondary N) is 1. The average Bonchev–Trinajstić information content (AvgIpc) is 2.85. The summed E-state index contributed by atoms with van der Waals surface area (Å²) in [6.07, 6.45) is 3.81. The summed E-state index contributed by atoms with van der Waals surface area (Å²) in [5.74, 6) is 0.781. The van der Waals surface area contributed by atoms with Gasteiger partial charge in [-0.3, -0.25) is 4.79 Å². The first kappa shape index (κ1) is 23.6. The van der Waals surface area contributed by atoms with E-state index in [2.05, 4.69) is 54.3 Å². The average molecular weight is 532 g/mol. The van der Waals surface area contributed by atoms with Gasteiger partial charge in [0.05, 0.1) is 6.61 Å². The minimum atomic E-state index is -0.960. The molecule has 2 fully saturated rings. The van der Waals surface area contributed by atoms with Crippen LogP contribution in [0, 0.1) is 6.92 Å². The summed E-state index contributed by atoms with van der Waals surface area (Å²) in [5, 5.41) is 3.45. The van der Waals surface area contributed by atoms with Crippen LogP contribution in [0.25, 0.3) is 0 Å². The maximum Gasteiger partial charge on any atom is 0.272 e. The summed E-state index contributed by atoms with van der Waals surface area (Å²) in [6, 6.07) is 6.49. The van der Waals surface area contributed by atoms with Gasteiger partial charge in [0.2, 0.25) is 0 Å². The van der Waals surface area contributed by atoms with Gasteiger partial charge in [0, 0.05) is 54.9 Å². The molecular weight excluding hydrogens is 501 g/mol. The van der Waals surface area contributed by atoms with Crippen molar-refractivity contribution in [1.29, 1.82) is 0 Å². The Hall–Kier alpha value is -2.10. The fourth-order valence-corrected chi connectivity index (χ4v) is 5.68. The van der Waals surface area contributed by atoms with Gasteiger partial charge in [-0.1, -0.05) is 22.0 Å². The zero-order valence-corrected chi connectivity index (χ0v) is 21.1. The summed E-state index contributed by atoms with van der Waals surface area (Å²) < 4.78 is 20.4. The molecule has 2 atom stereocenters. The van der Waals surface area contributed by atoms with Gasteiger partial charge in [-0.25, -0.2) is 14.4 Å². The molecule has 182 valence electrons. The number of fused-ring (bicyclic) bond motifs is 1. The Morgan fingerprint density at radius 1 is 1.18 bits per heavy atom. The lowest BCUT2D eigenvalue weighted by molar-refractivity contribution is 0.00840. The molecule has 3 aliphatic rings. The van der Waals surface area contributed by atoms with Crippen LogP contribution in [0.3, 0.4) is 0 Å². The van der Waals surface area contributed by atoms with Crippen LogP contribution in [0.15, 0.2) is 29.0 Å². The molecule has 7 nitrogen and oxygen atoms in total. The normalized spacial score (nSPS) is 23.6. The first-order valence-electron chi connectivity index (χ1n) is 12.1. The van der Waals surface area contributed by atoms with Crippen LogP contribution in [0.4, 0.5) is 10.2 Å². The molecule has 9 heteroatoms. The van der Waals surface area contributed by atoms with Gasteiger partial charge in [0.25, 0.3) is 5.91 Å². The van der Waals surface area contributed by atoms with E-state index in [1.165, 1.54) is 17.5 Å². The van der Waals surface area contributed by atoms with Crippen molar-refractivity contribution in [3.8, 4) is 0 Å². The van der Waals surface area contributed by atoms with E-state index >= 15 is 0 Å². The number of piperidine rings is 1. The number of carbonyl (C=O) groups is 1. The number of aromatic nitrogens is 2. The number of ether oxygens (including phenoxy) is 1. The van der Waals surface area contributed by atoms with E-state index in [1.807, 2.05) is 11.8 Å². The second-order valence-corrected chi connectivity index (χ2v) is 10.4. The van der Waals surface area contributed by atoms with Gasteiger partial charge in [-0.15, -0.1) is 0 Å². The van der Waals surface area contributed by atoms with Crippen molar-refractivity contribution in [2.75, 3.05) is 37.7 Å². The minimum absolute atomic E-state index is 0.0470. The van der Waals surface area contributed by atoms with Crippen LogP contribution in [0.2, 0.25) is 0 Å². The number of hydrogen-bond donors (Lipinski definition) is 1. The van der Waals surface area contributed by atoms with Crippen LogP contribution in [-0.4, -0.2) is 71.9 Å². The van der Waals surface area contributed by atoms with Gasteiger partial charge in [0.15, 0.2) is 0 Å². The molecule has 0 spiro atoms. The maximum absolute atomic E-state index is 14.1. The van der Waals surface area contributed by atoms with Gasteiger partial charge in [-0.05, 0) is 55.9 Å². The second kappa shape index (κ2) is 10.3. The maximum atomic E-state index is 14.1. The van der Waals surface area contributed by atoms with Crippen molar-refractivity contribution in [2.24, 2.45) is 0 Å². The van der Waals surface area contributed by atoms with E-state index in [-0.39, 0.29) is 24.6 Å². The van der Waals surface area contributed by atoms with Crippen molar-refractivity contribution in [2.45, 2.75) is 57.4 Å². The summed E-state index contributed by atoms with van der Waals surface area (Å²) in [6.45, 7) is 5.62. The number of amides is 1. The highest BCUT2D eigenvalue weighted by Gasteiger charge is 2.31. The number of carbonyl (C=O) groups excluding carboxylic acids is 1. The third kappa shape index (κ3) is 4.97. The number of benzene rings is 1. The predicted molar refractivity (Wildman–Crippen MR) is 132 cm³/mol. The molecule has 5 rings (SSSR count). The molecule has 1 amide bonds. The molecule has 2 aromatic rings. The molecule has 1 N–H and O–H groups in total. The van der Waals surface area contributed by atoms with Crippen LogP contribution in [0.1, 0.15) is 46.4 Å². The first-order valence-corrected chi connectivity index (χ1v) is 12.9. The molecular formula is C25H31BrFN5O2. The van der Waals surface area contributed by atoms with Crippen LogP contribution >= 0.6 is 15.9 Å². The zero-order valence-electron chi connectivity index (χ0n) is 19.5. The lowest BCUT2D eigenvalue weighted by Crippen LogP contribution is -2.52. The minimum Gasteiger partial charge on any atom is -0.378 e. The molecule has 0 saturated carbocycles. The lowest BCUT2D eigenvalue weighted by Gasteiger charge is -2.36. The third-order valence-electron chi connectivity index (χ3n) is 7.26. The Morgan fingerprint density at radius 2 is 2.00 bits per heavy atom. The van der Waals surface area contributed by atoms with Crippen molar-refractivity contribution in [3.63, 3.8) is 0 Å². The van der Waals surface area contributed by atoms with E-state index < -0.39 is 6.17 Å². The largest absolute Gasteiger partial charge is 0.378 e. The predicted octanol–water partition coefficient (Wildman–Crippen LogP) is 3.43. The van der Waals surface area contributed by atoms with Gasteiger partial charge in [-0.2, -0.15) is 0 Å². The monoisotopic (exact) mass is 531 g/mol. The summed E-state index contributed by atoms with van der Waals surface area (Å²) >= 11 is 3.57. The zero-order chi connectivity index (χ0) is 23.7. The molecule has 1 aromatic carbocycles. The van der Waals surface area contributed by atoms with E-state index in [1.54, 1.807) is 0 Å². The fourth-order valence-electron chi connectivity index (χ4n) is 5.27. The standard InChI is InChI=1S/C25H31BrFN5O2/c1-16-23(25(33)31-9-5-20(6-10-31)30-22-7-11-34-14-21(22)27)28-15-29-24(16)32-8-4-17-2-3-19(26)12-18(17)13-32/h2-3,12,15,20-22,30H,4-11,13-14H2,1H3. The van der Waals surface area contributed by atoms with E-state index in [4.69, 9.17) is 4.74 Å². The Bertz CT molecular complexity index is 1050. The highest BCUT2D eigenvalue weighted by molar-refractivity contribution is 9.10. The molecule has 1 aromatic heterocycles. The Kier molecular flexibility index (Phi) is 7.13. The molecule has 34 heavy (non-hydrogen) atoms.